The fourth-order valence-electron chi connectivity index (χ4n) is 3.51. The number of piperazine rings is 1. The Hall–Kier alpha value is -3.08. The zero-order chi connectivity index (χ0) is 21.3. The molecule has 0 radical (unpaired) electrons. The largest absolute Gasteiger partial charge is 0.448 e. The minimum atomic E-state index is -3.15. The molecule has 30 heavy (non-hydrogen) atoms. The molecule has 1 amide bonds. The van der Waals surface area contributed by atoms with Gasteiger partial charge in [-0.05, 0) is 12.1 Å². The smallest absolute Gasteiger partial charge is 0.409 e. The van der Waals surface area contributed by atoms with Gasteiger partial charge >= 0.3 is 6.09 Å². The highest BCUT2D eigenvalue weighted by atomic mass is 32.2. The number of pyridine rings is 1. The van der Waals surface area contributed by atoms with E-state index < -0.39 is 15.9 Å². The van der Waals surface area contributed by atoms with E-state index >= 15 is 0 Å². The number of anilines is 1. The Kier molecular flexibility index (Phi) is 5.37. The molecule has 11 heteroatoms. The van der Waals surface area contributed by atoms with E-state index in [0.29, 0.717) is 26.2 Å². The van der Waals surface area contributed by atoms with Crippen LogP contribution in [-0.4, -0.2) is 84.0 Å². The molecule has 1 saturated heterocycles. The van der Waals surface area contributed by atoms with E-state index in [2.05, 4.69) is 26.0 Å². The number of sulfone groups is 1. The van der Waals surface area contributed by atoms with Gasteiger partial charge in [-0.25, -0.2) is 18.2 Å². The number of hydrogen-bond acceptors (Lipinski definition) is 7. The van der Waals surface area contributed by atoms with E-state index in [0.717, 1.165) is 34.2 Å². The number of hydrogen-bond donors (Lipinski definition) is 1. The number of aryl methyl sites for hydroxylation is 1. The summed E-state index contributed by atoms with van der Waals surface area (Å²) in [6, 6.07) is 4.05. The molecule has 1 aliphatic rings. The van der Waals surface area contributed by atoms with Crippen molar-refractivity contribution >= 4 is 32.7 Å². The summed E-state index contributed by atoms with van der Waals surface area (Å²) in [4.78, 5) is 23.8. The van der Waals surface area contributed by atoms with Crippen LogP contribution in [-0.2, 0) is 21.6 Å². The SMILES string of the molecule is Cn1cc(-c2cc3c(N4CCN(C(=O)OCCS(C)(=O)=O)CC4)ccnc3[nH]2)cn1. The van der Waals surface area contributed by atoms with Crippen LogP contribution in [0.1, 0.15) is 0 Å². The van der Waals surface area contributed by atoms with Crippen molar-refractivity contribution in [1.82, 2.24) is 24.6 Å². The lowest BCUT2D eigenvalue weighted by atomic mass is 10.2. The van der Waals surface area contributed by atoms with Gasteiger partial charge in [-0.2, -0.15) is 5.10 Å². The number of ether oxygens (including phenoxy) is 1. The van der Waals surface area contributed by atoms with Gasteiger partial charge < -0.3 is 19.5 Å². The van der Waals surface area contributed by atoms with Crippen molar-refractivity contribution < 1.29 is 17.9 Å². The number of rotatable bonds is 5. The predicted octanol–water partition coefficient (Wildman–Crippen LogP) is 1.27. The lowest BCUT2D eigenvalue weighted by molar-refractivity contribution is 0.105. The van der Waals surface area contributed by atoms with Crippen molar-refractivity contribution in [2.24, 2.45) is 7.05 Å². The number of nitrogens with zero attached hydrogens (tertiary/aromatic N) is 5. The molecule has 4 heterocycles. The fourth-order valence-corrected chi connectivity index (χ4v) is 3.89. The molecule has 0 atom stereocenters. The van der Waals surface area contributed by atoms with Crippen molar-refractivity contribution in [3.05, 3.63) is 30.7 Å². The lowest BCUT2D eigenvalue weighted by Gasteiger charge is -2.35. The van der Waals surface area contributed by atoms with Gasteiger partial charge in [0, 0.05) is 68.5 Å². The number of aromatic nitrogens is 4. The van der Waals surface area contributed by atoms with Crippen LogP contribution in [0.15, 0.2) is 30.7 Å². The van der Waals surface area contributed by atoms with Crippen molar-refractivity contribution in [2.45, 2.75) is 0 Å². The van der Waals surface area contributed by atoms with Crippen LogP contribution in [0.4, 0.5) is 10.5 Å². The van der Waals surface area contributed by atoms with Crippen LogP contribution in [0.25, 0.3) is 22.3 Å². The van der Waals surface area contributed by atoms with Crippen LogP contribution < -0.4 is 4.90 Å². The number of H-pyrrole nitrogens is 1. The highest BCUT2D eigenvalue weighted by Crippen LogP contribution is 2.30. The number of carbonyl (C=O) groups is 1. The Labute approximate surface area is 174 Å². The van der Waals surface area contributed by atoms with Crippen LogP contribution >= 0.6 is 0 Å². The summed E-state index contributed by atoms with van der Waals surface area (Å²) in [5.74, 6) is -0.166. The van der Waals surface area contributed by atoms with Gasteiger partial charge in [-0.1, -0.05) is 0 Å². The zero-order valence-electron chi connectivity index (χ0n) is 16.9. The van der Waals surface area contributed by atoms with E-state index in [1.165, 1.54) is 0 Å². The zero-order valence-corrected chi connectivity index (χ0v) is 17.7. The van der Waals surface area contributed by atoms with Crippen LogP contribution in [0.5, 0.6) is 0 Å². The van der Waals surface area contributed by atoms with Crippen molar-refractivity contribution in [2.75, 3.05) is 49.7 Å². The van der Waals surface area contributed by atoms with E-state index in [1.807, 2.05) is 19.3 Å². The number of aromatic amines is 1. The standard InChI is InChI=1S/C19H24N6O4S/c1-23-13-14(12-21-23)16-11-15-17(3-4-20-18(15)22-16)24-5-7-25(8-6-24)19(26)29-9-10-30(2,27)28/h3-4,11-13H,5-10H2,1-2H3,(H,20,22). The predicted molar refractivity (Wildman–Crippen MR) is 113 cm³/mol. The normalized spacial score (nSPS) is 15.0. The molecular formula is C19H24N6O4S. The maximum Gasteiger partial charge on any atom is 0.409 e. The summed E-state index contributed by atoms with van der Waals surface area (Å²) >= 11 is 0. The van der Waals surface area contributed by atoms with Gasteiger partial charge in [0.25, 0.3) is 0 Å². The monoisotopic (exact) mass is 432 g/mol. The molecule has 1 fully saturated rings. The number of carbonyl (C=O) groups excluding carboxylic acids is 1. The molecular weight excluding hydrogens is 408 g/mol. The fraction of sp³-hybridized carbons (Fsp3) is 0.421. The molecule has 4 rings (SSSR count). The Balaban J connectivity index is 1.43. The first-order valence-corrected chi connectivity index (χ1v) is 11.7. The van der Waals surface area contributed by atoms with Crippen LogP contribution in [0.2, 0.25) is 0 Å². The van der Waals surface area contributed by atoms with Gasteiger partial charge in [-0.15, -0.1) is 0 Å². The summed E-state index contributed by atoms with van der Waals surface area (Å²) in [6.45, 7) is 2.17. The highest BCUT2D eigenvalue weighted by molar-refractivity contribution is 7.90. The maximum atomic E-state index is 12.2. The summed E-state index contributed by atoms with van der Waals surface area (Å²) in [7, 11) is -1.27. The van der Waals surface area contributed by atoms with Gasteiger partial charge in [0.05, 0.1) is 17.6 Å². The second-order valence-electron chi connectivity index (χ2n) is 7.40. The first-order chi connectivity index (χ1) is 14.3. The molecule has 0 spiro atoms. The first-order valence-electron chi connectivity index (χ1n) is 9.61. The van der Waals surface area contributed by atoms with Gasteiger partial charge in [0.1, 0.15) is 12.3 Å². The Morgan fingerprint density at radius 2 is 2.03 bits per heavy atom. The Morgan fingerprint density at radius 3 is 2.70 bits per heavy atom. The molecule has 1 aliphatic heterocycles. The van der Waals surface area contributed by atoms with Crippen LogP contribution in [0.3, 0.4) is 0 Å². The molecule has 1 N–H and O–H groups in total. The summed E-state index contributed by atoms with van der Waals surface area (Å²) in [5.41, 5.74) is 3.79. The minimum absolute atomic E-state index is 0.122. The summed E-state index contributed by atoms with van der Waals surface area (Å²) in [6.07, 6.45) is 6.17. The topological polar surface area (TPSA) is 113 Å². The lowest BCUT2D eigenvalue weighted by Crippen LogP contribution is -2.49. The quantitative estimate of drug-likeness (QED) is 0.646. The molecule has 0 saturated carbocycles. The van der Waals surface area contributed by atoms with Gasteiger partial charge in [0.2, 0.25) is 0 Å². The number of fused-ring (bicyclic) bond motifs is 1. The van der Waals surface area contributed by atoms with Crippen molar-refractivity contribution in [3.63, 3.8) is 0 Å². The first kappa shape index (κ1) is 20.2. The molecule has 0 unspecified atom stereocenters. The third-order valence-corrected chi connectivity index (χ3v) is 5.99. The Bertz CT molecular complexity index is 1160. The molecule has 3 aromatic rings. The number of amides is 1. The van der Waals surface area contributed by atoms with E-state index in [1.54, 1.807) is 22.0 Å². The summed E-state index contributed by atoms with van der Waals surface area (Å²) < 4.78 is 29.2. The molecule has 0 bridgehead atoms. The molecule has 3 aromatic heterocycles. The molecule has 0 aromatic carbocycles. The van der Waals surface area contributed by atoms with Gasteiger partial charge in [-0.3, -0.25) is 4.68 Å². The second-order valence-corrected chi connectivity index (χ2v) is 9.66. The number of nitrogens with one attached hydrogen (secondary N) is 1. The molecule has 0 aliphatic carbocycles. The Morgan fingerprint density at radius 1 is 1.27 bits per heavy atom. The van der Waals surface area contributed by atoms with Crippen molar-refractivity contribution in [1.29, 1.82) is 0 Å². The maximum absolute atomic E-state index is 12.2. The minimum Gasteiger partial charge on any atom is -0.448 e. The second kappa shape index (κ2) is 7.98. The molecule has 10 nitrogen and oxygen atoms in total. The average Bonchev–Trinajstić information content (AvgIpc) is 3.33. The van der Waals surface area contributed by atoms with E-state index in [4.69, 9.17) is 4.74 Å². The van der Waals surface area contributed by atoms with Gasteiger partial charge in [0.15, 0.2) is 9.84 Å². The molecule has 160 valence electrons. The van der Waals surface area contributed by atoms with Crippen LogP contribution in [0, 0.1) is 0 Å². The summed E-state index contributed by atoms with van der Waals surface area (Å²) in [5, 5.41) is 5.23. The third kappa shape index (κ3) is 4.40. The highest BCUT2D eigenvalue weighted by Gasteiger charge is 2.24. The van der Waals surface area contributed by atoms with E-state index in [-0.39, 0.29) is 12.4 Å². The average molecular weight is 433 g/mol. The van der Waals surface area contributed by atoms with E-state index in [9.17, 15) is 13.2 Å². The van der Waals surface area contributed by atoms with Crippen molar-refractivity contribution in [3.8, 4) is 11.3 Å². The third-order valence-electron chi connectivity index (χ3n) is 5.08.